The van der Waals surface area contributed by atoms with Crippen molar-refractivity contribution >= 4 is 17.9 Å². The lowest BCUT2D eigenvalue weighted by Crippen LogP contribution is -1.99. The predicted molar refractivity (Wildman–Crippen MR) is 39.0 cm³/mol. The van der Waals surface area contributed by atoms with E-state index >= 15 is 0 Å². The molecular formula is C4H11N2P2+. The van der Waals surface area contributed by atoms with Crippen molar-refractivity contribution in [1.29, 1.82) is 0 Å². The van der Waals surface area contributed by atoms with Crippen LogP contribution in [0.3, 0.4) is 0 Å². The highest BCUT2D eigenvalue weighted by Gasteiger charge is 2.11. The van der Waals surface area contributed by atoms with Gasteiger partial charge >= 0.3 is 8.52 Å². The second-order valence-electron chi connectivity index (χ2n) is 1.89. The molecule has 1 aliphatic rings. The summed E-state index contributed by atoms with van der Waals surface area (Å²) in [6.45, 7) is 2.53. The van der Waals surface area contributed by atoms with Crippen LogP contribution in [0.25, 0.3) is 0 Å². The van der Waals surface area contributed by atoms with E-state index in [2.05, 4.69) is 18.6 Å². The molecule has 0 amide bonds. The molecule has 2 nitrogen and oxygen atoms in total. The van der Waals surface area contributed by atoms with Crippen molar-refractivity contribution in [3.8, 4) is 0 Å². The Labute approximate surface area is 53.9 Å². The molecule has 1 rings (SSSR count). The molecule has 1 atom stereocenters. The van der Waals surface area contributed by atoms with E-state index in [9.17, 15) is 0 Å². The van der Waals surface area contributed by atoms with Crippen LogP contribution in [0.5, 0.6) is 0 Å². The minimum absolute atomic E-state index is 1.25. The largest absolute Gasteiger partial charge is 0.308 e. The van der Waals surface area contributed by atoms with Gasteiger partial charge in [0.15, 0.2) is 0 Å². The van der Waals surface area contributed by atoms with Gasteiger partial charge in [-0.2, -0.15) is 4.86 Å². The molecule has 8 heavy (non-hydrogen) atoms. The van der Waals surface area contributed by atoms with Crippen LogP contribution in [0.1, 0.15) is 12.8 Å². The maximum Gasteiger partial charge on any atom is 0.308 e. The highest BCUT2D eigenvalue weighted by molar-refractivity contribution is 7.35. The van der Waals surface area contributed by atoms with E-state index in [4.69, 9.17) is 0 Å². The van der Waals surface area contributed by atoms with E-state index < -0.39 is 0 Å². The van der Waals surface area contributed by atoms with Gasteiger partial charge in [0.05, 0.1) is 0 Å². The molecule has 1 N–H and O–H groups in total. The minimum atomic E-state index is 1.25. The monoisotopic (exact) mass is 149 g/mol. The number of nitrogens with zero attached hydrogens (tertiary/aromatic N) is 1. The maximum absolute atomic E-state index is 3.02. The van der Waals surface area contributed by atoms with Crippen LogP contribution < -0.4 is 4.86 Å². The molecule has 0 aromatic heterocycles. The van der Waals surface area contributed by atoms with Crippen molar-refractivity contribution in [2.45, 2.75) is 12.8 Å². The molecule has 0 aromatic rings. The summed E-state index contributed by atoms with van der Waals surface area (Å²) in [4.78, 5) is 3.02. The number of nitrogens with one attached hydrogen (secondary N) is 1. The molecule has 0 radical (unpaired) electrons. The zero-order valence-corrected chi connectivity index (χ0v) is 6.85. The summed E-state index contributed by atoms with van der Waals surface area (Å²) in [5.41, 5.74) is 0. The van der Waals surface area contributed by atoms with Crippen molar-refractivity contribution in [2.75, 3.05) is 13.1 Å². The summed E-state index contributed by atoms with van der Waals surface area (Å²) in [6.07, 6.45) is 2.75. The Morgan fingerprint density at radius 2 is 2.00 bits per heavy atom. The first kappa shape index (κ1) is 6.61. The van der Waals surface area contributed by atoms with Gasteiger partial charge in [0.1, 0.15) is 13.1 Å². The standard InChI is InChI=1S/C4H10N2P2/c7-5-8-6-3-1-2-4-6/h1-4,7H2/p+1. The fourth-order valence-corrected chi connectivity index (χ4v) is 2.02. The Bertz CT molecular complexity index is 94.2. The van der Waals surface area contributed by atoms with Crippen molar-refractivity contribution in [1.82, 2.24) is 4.86 Å². The van der Waals surface area contributed by atoms with Crippen LogP contribution in [0.15, 0.2) is 0 Å². The lowest BCUT2D eigenvalue weighted by Gasteiger charge is -1.84. The Kier molecular flexibility index (Phi) is 2.89. The van der Waals surface area contributed by atoms with Crippen molar-refractivity contribution in [3.05, 3.63) is 0 Å². The van der Waals surface area contributed by atoms with Gasteiger partial charge in [0, 0.05) is 12.8 Å². The summed E-state index contributed by atoms with van der Waals surface area (Å²) in [5, 5.41) is 0. The summed E-state index contributed by atoms with van der Waals surface area (Å²) >= 11 is 0. The molecule has 0 spiro atoms. The summed E-state index contributed by atoms with van der Waals surface area (Å²) in [5.74, 6) is 0. The van der Waals surface area contributed by atoms with E-state index in [1.807, 2.05) is 0 Å². The van der Waals surface area contributed by atoms with Crippen LogP contribution in [-0.2, 0) is 0 Å². The zero-order valence-electron chi connectivity index (χ0n) is 4.80. The molecule has 1 unspecified atom stereocenters. The van der Waals surface area contributed by atoms with E-state index in [0.717, 1.165) is 0 Å². The van der Waals surface area contributed by atoms with Crippen molar-refractivity contribution < 1.29 is 4.33 Å². The van der Waals surface area contributed by atoms with E-state index in [-0.39, 0.29) is 0 Å². The minimum Gasteiger partial charge on any atom is -0.207 e. The predicted octanol–water partition coefficient (Wildman–Crippen LogP) is 1.22. The van der Waals surface area contributed by atoms with E-state index in [0.29, 0.717) is 0 Å². The Morgan fingerprint density at radius 1 is 1.38 bits per heavy atom. The van der Waals surface area contributed by atoms with Gasteiger partial charge in [0.25, 0.3) is 0 Å². The van der Waals surface area contributed by atoms with Crippen LogP contribution in [0, 0.1) is 0 Å². The zero-order chi connectivity index (χ0) is 5.82. The molecule has 0 saturated carbocycles. The average Bonchev–Trinajstić information content (AvgIpc) is 2.19. The maximum atomic E-state index is 3.02. The summed E-state index contributed by atoms with van der Waals surface area (Å²) in [7, 11) is 3.76. The second kappa shape index (κ2) is 3.50. The first-order chi connectivity index (χ1) is 3.93. The van der Waals surface area contributed by atoms with Gasteiger partial charge in [-0.15, -0.1) is 0 Å². The number of hydrogen-bond donors (Lipinski definition) is 1. The summed E-state index contributed by atoms with van der Waals surface area (Å²) in [6, 6.07) is 0. The SMILES string of the molecule is PNP=[N+]1CCCC1. The lowest BCUT2D eigenvalue weighted by atomic mass is 10.4. The number of rotatable bonds is 1. The first-order valence-electron chi connectivity index (χ1n) is 2.84. The van der Waals surface area contributed by atoms with Gasteiger partial charge < -0.3 is 0 Å². The van der Waals surface area contributed by atoms with Crippen LogP contribution >= 0.6 is 17.9 Å². The molecule has 4 heteroatoms. The van der Waals surface area contributed by atoms with Gasteiger partial charge in [-0.1, -0.05) is 9.39 Å². The third-order valence-electron chi connectivity index (χ3n) is 1.28. The third kappa shape index (κ3) is 1.78. The van der Waals surface area contributed by atoms with Gasteiger partial charge in [-0.25, -0.2) is 4.33 Å². The van der Waals surface area contributed by atoms with Gasteiger partial charge in [0.2, 0.25) is 0 Å². The van der Waals surface area contributed by atoms with Crippen LogP contribution in [0.2, 0.25) is 0 Å². The van der Waals surface area contributed by atoms with Gasteiger partial charge in [-0.05, 0) is 0 Å². The second-order valence-corrected chi connectivity index (χ2v) is 3.69. The quantitative estimate of drug-likeness (QED) is 0.554. The molecule has 1 aliphatic heterocycles. The number of hydrogen-bond acceptors (Lipinski definition) is 0. The molecule has 1 saturated heterocycles. The fraction of sp³-hybridized carbons (Fsp3) is 1.00. The Morgan fingerprint density at radius 3 is 2.50 bits per heavy atom. The molecule has 0 aliphatic carbocycles. The molecule has 46 valence electrons. The third-order valence-corrected chi connectivity index (χ3v) is 2.43. The smallest absolute Gasteiger partial charge is 0.207 e. The van der Waals surface area contributed by atoms with Crippen molar-refractivity contribution in [3.63, 3.8) is 0 Å². The summed E-state index contributed by atoms with van der Waals surface area (Å²) < 4.78 is 2.38. The highest BCUT2D eigenvalue weighted by Crippen LogP contribution is 2.07. The molecule has 1 fully saturated rings. The van der Waals surface area contributed by atoms with E-state index in [1.165, 1.54) is 34.5 Å². The van der Waals surface area contributed by atoms with Gasteiger partial charge in [-0.3, -0.25) is 0 Å². The lowest BCUT2D eigenvalue weighted by molar-refractivity contribution is -0.481. The first-order valence-corrected chi connectivity index (χ1v) is 4.27. The van der Waals surface area contributed by atoms with Crippen molar-refractivity contribution in [2.24, 2.45) is 0 Å². The van der Waals surface area contributed by atoms with Crippen LogP contribution in [0.4, 0.5) is 0 Å². The Hall–Kier alpha value is 0.490. The normalized spacial score (nSPS) is 20.4. The van der Waals surface area contributed by atoms with Crippen LogP contribution in [-0.4, -0.2) is 17.4 Å². The molecular weight excluding hydrogens is 138 g/mol. The fourth-order valence-electron chi connectivity index (χ4n) is 0.882. The molecule has 0 bridgehead atoms. The molecule has 1 heterocycles. The average molecular weight is 149 g/mol. The molecule has 0 aromatic carbocycles. The Balaban J connectivity index is 2.33. The topological polar surface area (TPSA) is 15.0 Å². The highest BCUT2D eigenvalue weighted by atomic mass is 31.1. The van der Waals surface area contributed by atoms with E-state index in [1.54, 1.807) is 0 Å².